The zero-order chi connectivity index (χ0) is 14.1. The van der Waals surface area contributed by atoms with Crippen LogP contribution < -0.4 is 5.32 Å². The van der Waals surface area contributed by atoms with Crippen LogP contribution in [0.25, 0.3) is 0 Å². The van der Waals surface area contributed by atoms with E-state index < -0.39 is 0 Å². The Morgan fingerprint density at radius 3 is 2.53 bits per heavy atom. The first-order chi connectivity index (χ1) is 9.09. The molecule has 2 heteroatoms. The molecule has 1 aliphatic rings. The van der Waals surface area contributed by atoms with Gasteiger partial charge in [0.2, 0.25) is 0 Å². The van der Waals surface area contributed by atoms with E-state index in [1.165, 1.54) is 64.7 Å². The minimum absolute atomic E-state index is 0.781. The number of piperidine rings is 1. The predicted molar refractivity (Wildman–Crippen MR) is 85.6 cm³/mol. The quantitative estimate of drug-likeness (QED) is 0.638. The van der Waals surface area contributed by atoms with Gasteiger partial charge in [0.25, 0.3) is 0 Å². The average Bonchev–Trinajstić information content (AvgIpc) is 2.34. The Balaban J connectivity index is 1.90. The molecule has 0 spiro atoms. The lowest BCUT2D eigenvalue weighted by Gasteiger charge is -2.36. The summed E-state index contributed by atoms with van der Waals surface area (Å²) in [4.78, 5) is 2.71. The number of rotatable bonds is 9. The third kappa shape index (κ3) is 7.94. The highest BCUT2D eigenvalue weighted by atomic mass is 15.2. The first-order valence-corrected chi connectivity index (χ1v) is 8.54. The van der Waals surface area contributed by atoms with E-state index in [-0.39, 0.29) is 0 Å². The van der Waals surface area contributed by atoms with E-state index in [1.54, 1.807) is 0 Å². The van der Waals surface area contributed by atoms with Gasteiger partial charge in [-0.1, -0.05) is 33.6 Å². The normalized spacial score (nSPS) is 25.1. The number of hydrogen-bond acceptors (Lipinski definition) is 2. The summed E-state index contributed by atoms with van der Waals surface area (Å²) in [5.41, 5.74) is 0. The lowest BCUT2D eigenvalue weighted by Crippen LogP contribution is -2.40. The molecule has 0 saturated carbocycles. The predicted octanol–water partition coefficient (Wildman–Crippen LogP) is 3.91. The second-order valence-corrected chi connectivity index (χ2v) is 7.03. The summed E-state index contributed by atoms with van der Waals surface area (Å²) in [6.45, 7) is 14.4. The minimum atomic E-state index is 0.781. The van der Waals surface area contributed by atoms with Crippen molar-refractivity contribution in [2.75, 3.05) is 26.2 Å². The molecule has 1 N–H and O–H groups in total. The fourth-order valence-corrected chi connectivity index (χ4v) is 3.10. The molecule has 0 radical (unpaired) electrons. The van der Waals surface area contributed by atoms with Gasteiger partial charge in [0, 0.05) is 6.04 Å². The maximum absolute atomic E-state index is 3.53. The van der Waals surface area contributed by atoms with Crippen LogP contribution in [0.2, 0.25) is 0 Å². The maximum Gasteiger partial charge on any atom is 0.00694 e. The topological polar surface area (TPSA) is 15.3 Å². The molecule has 2 atom stereocenters. The molecule has 0 aromatic heterocycles. The number of hydrogen-bond donors (Lipinski definition) is 1. The van der Waals surface area contributed by atoms with Crippen LogP contribution in [-0.2, 0) is 0 Å². The highest BCUT2D eigenvalue weighted by Gasteiger charge is 2.21. The van der Waals surface area contributed by atoms with Crippen molar-refractivity contribution in [2.24, 2.45) is 11.8 Å². The standard InChI is InChI=1S/C17H36N2/c1-15(2)14-18-10-7-5-6-8-11-19-12-9-16(3)13-17(19)4/h15-18H,5-14H2,1-4H3. The van der Waals surface area contributed by atoms with Crippen molar-refractivity contribution in [2.45, 2.75) is 72.3 Å². The second kappa shape index (κ2) is 9.77. The molecule has 19 heavy (non-hydrogen) atoms. The Morgan fingerprint density at radius 1 is 1.11 bits per heavy atom. The van der Waals surface area contributed by atoms with Gasteiger partial charge in [-0.3, -0.25) is 0 Å². The fourth-order valence-electron chi connectivity index (χ4n) is 3.10. The molecule has 1 aliphatic heterocycles. The van der Waals surface area contributed by atoms with E-state index in [1.807, 2.05) is 0 Å². The van der Waals surface area contributed by atoms with Crippen LogP contribution in [-0.4, -0.2) is 37.1 Å². The third-order valence-electron chi connectivity index (χ3n) is 4.38. The number of likely N-dealkylation sites (tertiary alicyclic amines) is 1. The van der Waals surface area contributed by atoms with Crippen molar-refractivity contribution in [1.29, 1.82) is 0 Å². The van der Waals surface area contributed by atoms with E-state index in [4.69, 9.17) is 0 Å². The van der Waals surface area contributed by atoms with E-state index in [2.05, 4.69) is 37.9 Å². The fraction of sp³-hybridized carbons (Fsp3) is 1.00. The van der Waals surface area contributed by atoms with Crippen LogP contribution in [0.15, 0.2) is 0 Å². The van der Waals surface area contributed by atoms with Crippen molar-refractivity contribution >= 4 is 0 Å². The van der Waals surface area contributed by atoms with Gasteiger partial charge in [0.1, 0.15) is 0 Å². The molecule has 2 nitrogen and oxygen atoms in total. The third-order valence-corrected chi connectivity index (χ3v) is 4.38. The lowest BCUT2D eigenvalue weighted by molar-refractivity contribution is 0.127. The molecule has 0 aromatic rings. The lowest BCUT2D eigenvalue weighted by atomic mass is 9.93. The van der Waals surface area contributed by atoms with Crippen LogP contribution in [0.3, 0.4) is 0 Å². The molecule has 1 rings (SSSR count). The van der Waals surface area contributed by atoms with Crippen molar-refractivity contribution in [3.8, 4) is 0 Å². The van der Waals surface area contributed by atoms with Crippen LogP contribution in [0.4, 0.5) is 0 Å². The molecule has 2 unspecified atom stereocenters. The maximum atomic E-state index is 3.53. The summed E-state index contributed by atoms with van der Waals surface area (Å²) in [6, 6.07) is 0.816. The van der Waals surface area contributed by atoms with Crippen LogP contribution in [0, 0.1) is 11.8 Å². The van der Waals surface area contributed by atoms with E-state index in [0.29, 0.717) is 0 Å². The van der Waals surface area contributed by atoms with Gasteiger partial charge >= 0.3 is 0 Å². The van der Waals surface area contributed by atoms with Gasteiger partial charge in [0.05, 0.1) is 0 Å². The Kier molecular flexibility index (Phi) is 8.72. The highest BCUT2D eigenvalue weighted by Crippen LogP contribution is 2.22. The van der Waals surface area contributed by atoms with Gasteiger partial charge in [0.15, 0.2) is 0 Å². The Morgan fingerprint density at radius 2 is 1.84 bits per heavy atom. The van der Waals surface area contributed by atoms with E-state index >= 15 is 0 Å². The second-order valence-electron chi connectivity index (χ2n) is 7.03. The minimum Gasteiger partial charge on any atom is -0.316 e. The van der Waals surface area contributed by atoms with E-state index in [0.717, 1.165) is 17.9 Å². The summed E-state index contributed by atoms with van der Waals surface area (Å²) >= 11 is 0. The van der Waals surface area contributed by atoms with Gasteiger partial charge in [-0.25, -0.2) is 0 Å². The Labute approximate surface area is 121 Å². The zero-order valence-corrected chi connectivity index (χ0v) is 13.8. The van der Waals surface area contributed by atoms with Gasteiger partial charge in [-0.15, -0.1) is 0 Å². The van der Waals surface area contributed by atoms with Gasteiger partial charge < -0.3 is 10.2 Å². The highest BCUT2D eigenvalue weighted by molar-refractivity contribution is 4.76. The molecule has 114 valence electrons. The Hall–Kier alpha value is -0.0800. The van der Waals surface area contributed by atoms with Crippen molar-refractivity contribution < 1.29 is 0 Å². The van der Waals surface area contributed by atoms with Crippen molar-refractivity contribution in [1.82, 2.24) is 10.2 Å². The molecule has 1 heterocycles. The van der Waals surface area contributed by atoms with Crippen LogP contribution in [0.5, 0.6) is 0 Å². The molecule has 1 saturated heterocycles. The summed E-state index contributed by atoms with van der Waals surface area (Å²) in [7, 11) is 0. The van der Waals surface area contributed by atoms with Crippen LogP contribution >= 0.6 is 0 Å². The first kappa shape index (κ1) is 17.0. The smallest absolute Gasteiger partial charge is 0.00694 e. The van der Waals surface area contributed by atoms with E-state index in [9.17, 15) is 0 Å². The number of nitrogens with zero attached hydrogens (tertiary/aromatic N) is 1. The van der Waals surface area contributed by atoms with Crippen molar-refractivity contribution in [3.05, 3.63) is 0 Å². The molecule has 0 amide bonds. The Bertz CT molecular complexity index is 215. The van der Waals surface area contributed by atoms with Crippen molar-refractivity contribution in [3.63, 3.8) is 0 Å². The summed E-state index contributed by atoms with van der Waals surface area (Å²) in [5, 5.41) is 3.53. The average molecular weight is 268 g/mol. The summed E-state index contributed by atoms with van der Waals surface area (Å²) in [6.07, 6.45) is 8.34. The SMILES string of the molecule is CC(C)CNCCCCCCN1CCC(C)CC1C. The summed E-state index contributed by atoms with van der Waals surface area (Å²) < 4.78 is 0. The van der Waals surface area contributed by atoms with Gasteiger partial charge in [-0.2, -0.15) is 0 Å². The first-order valence-electron chi connectivity index (χ1n) is 8.54. The largest absolute Gasteiger partial charge is 0.316 e. The molecule has 0 bridgehead atoms. The van der Waals surface area contributed by atoms with Gasteiger partial charge in [-0.05, 0) is 70.6 Å². The number of unbranched alkanes of at least 4 members (excludes halogenated alkanes) is 3. The number of nitrogens with one attached hydrogen (secondary N) is 1. The molecule has 1 fully saturated rings. The van der Waals surface area contributed by atoms with Crippen LogP contribution in [0.1, 0.15) is 66.2 Å². The molecular weight excluding hydrogens is 232 g/mol. The zero-order valence-electron chi connectivity index (χ0n) is 13.8. The summed E-state index contributed by atoms with van der Waals surface area (Å²) in [5.74, 6) is 1.72. The molecule has 0 aromatic carbocycles. The molecule has 0 aliphatic carbocycles. The molecular formula is C17H36N2. The monoisotopic (exact) mass is 268 g/mol.